The molecule has 10 heteroatoms. The van der Waals surface area contributed by atoms with E-state index in [0.29, 0.717) is 6.07 Å². The molecule has 0 aliphatic carbocycles. The van der Waals surface area contributed by atoms with Crippen LogP contribution >= 0.6 is 0 Å². The van der Waals surface area contributed by atoms with Crippen LogP contribution in [0.5, 0.6) is 5.75 Å². The molecular weight excluding hydrogens is 291 g/mol. The summed E-state index contributed by atoms with van der Waals surface area (Å²) in [6, 6.07) is 3.84. The zero-order valence-corrected chi connectivity index (χ0v) is 10.3. The van der Waals surface area contributed by atoms with Crippen molar-refractivity contribution in [3.63, 3.8) is 0 Å². The minimum atomic E-state index is -4.86. The van der Waals surface area contributed by atoms with Gasteiger partial charge in [-0.25, -0.2) is 13.6 Å². The predicted molar refractivity (Wildman–Crippen MR) is 57.8 cm³/mol. The molecule has 0 spiro atoms. The number of alkyl halides is 3. The van der Waals surface area contributed by atoms with Crippen molar-refractivity contribution in [3.05, 3.63) is 24.3 Å². The summed E-state index contributed by atoms with van der Waals surface area (Å²) in [5.41, 5.74) is 0. The largest absolute Gasteiger partial charge is 0.573 e. The first-order valence-corrected chi connectivity index (χ1v) is 6.04. The lowest BCUT2D eigenvalue weighted by Crippen LogP contribution is -2.18. The summed E-state index contributed by atoms with van der Waals surface area (Å²) in [5, 5.41) is 12.1. The number of benzene rings is 1. The standard InChI is InChI=1S/C7H6F3NO3S.C2H4O2/c8-7(9,10)14-5-2-1-3-6(4-5)15(11,12)13;1-2(3)4/h1-4H,(H2,11,12,13);1H3,(H,3,4). The molecule has 0 fully saturated rings. The van der Waals surface area contributed by atoms with Crippen molar-refractivity contribution in [1.29, 1.82) is 0 Å². The van der Waals surface area contributed by atoms with Crippen LogP contribution in [0, 0.1) is 0 Å². The maximum absolute atomic E-state index is 11.8. The molecule has 1 aromatic rings. The van der Waals surface area contributed by atoms with Gasteiger partial charge in [-0.2, -0.15) is 0 Å². The molecule has 1 aromatic carbocycles. The second-order valence-electron chi connectivity index (χ2n) is 3.09. The van der Waals surface area contributed by atoms with Gasteiger partial charge in [0, 0.05) is 13.0 Å². The van der Waals surface area contributed by atoms with Crippen LogP contribution in [-0.2, 0) is 14.8 Å². The molecule has 0 saturated heterocycles. The molecular formula is C9H10F3NO5S. The lowest BCUT2D eigenvalue weighted by Gasteiger charge is -2.09. The Balaban J connectivity index is 0.000000711. The molecule has 6 nitrogen and oxygen atoms in total. The highest BCUT2D eigenvalue weighted by atomic mass is 32.2. The van der Waals surface area contributed by atoms with Crippen molar-refractivity contribution < 1.29 is 36.2 Å². The second-order valence-corrected chi connectivity index (χ2v) is 4.65. The summed E-state index contributed by atoms with van der Waals surface area (Å²) >= 11 is 0. The quantitative estimate of drug-likeness (QED) is 0.856. The molecule has 0 saturated carbocycles. The van der Waals surface area contributed by atoms with E-state index in [9.17, 15) is 21.6 Å². The third kappa shape index (κ3) is 8.85. The Morgan fingerprint density at radius 2 is 1.84 bits per heavy atom. The number of hydrogen-bond acceptors (Lipinski definition) is 4. The van der Waals surface area contributed by atoms with Crippen molar-refractivity contribution in [1.82, 2.24) is 0 Å². The average molecular weight is 301 g/mol. The van der Waals surface area contributed by atoms with Crippen LogP contribution < -0.4 is 9.88 Å². The van der Waals surface area contributed by atoms with E-state index < -0.39 is 33.0 Å². The molecule has 1 rings (SSSR count). The topological polar surface area (TPSA) is 107 Å². The van der Waals surface area contributed by atoms with Gasteiger partial charge < -0.3 is 9.84 Å². The van der Waals surface area contributed by atoms with Gasteiger partial charge in [0.15, 0.2) is 0 Å². The van der Waals surface area contributed by atoms with E-state index >= 15 is 0 Å². The van der Waals surface area contributed by atoms with Crippen LogP contribution in [0.25, 0.3) is 0 Å². The fraction of sp³-hybridized carbons (Fsp3) is 0.222. The zero-order valence-electron chi connectivity index (χ0n) is 9.51. The third-order valence-corrected chi connectivity index (χ3v) is 2.28. The molecule has 0 aromatic heterocycles. The Kier molecular flexibility index (Phi) is 5.78. The van der Waals surface area contributed by atoms with E-state index in [0.717, 1.165) is 25.1 Å². The number of rotatable bonds is 2. The zero-order chi connectivity index (χ0) is 15.3. The number of carboxylic acid groups (broad SMARTS) is 1. The maximum Gasteiger partial charge on any atom is 0.573 e. The maximum atomic E-state index is 11.8. The summed E-state index contributed by atoms with van der Waals surface area (Å²) in [4.78, 5) is 8.56. The van der Waals surface area contributed by atoms with E-state index in [2.05, 4.69) is 4.74 Å². The van der Waals surface area contributed by atoms with E-state index in [4.69, 9.17) is 15.0 Å². The van der Waals surface area contributed by atoms with Gasteiger partial charge in [-0.1, -0.05) is 6.07 Å². The Labute approximate surface area is 106 Å². The highest BCUT2D eigenvalue weighted by Crippen LogP contribution is 2.24. The van der Waals surface area contributed by atoms with Gasteiger partial charge in [-0.15, -0.1) is 13.2 Å². The number of halogens is 3. The number of nitrogens with two attached hydrogens (primary N) is 1. The number of aliphatic carboxylic acids is 1. The summed E-state index contributed by atoms with van der Waals surface area (Å²) < 4.78 is 60.4. The van der Waals surface area contributed by atoms with E-state index in [-0.39, 0.29) is 0 Å². The van der Waals surface area contributed by atoms with E-state index in [1.807, 2.05) is 0 Å². The van der Waals surface area contributed by atoms with Crippen molar-refractivity contribution in [2.45, 2.75) is 18.2 Å². The first kappa shape index (κ1) is 17.2. The van der Waals surface area contributed by atoms with Crippen LogP contribution in [0.15, 0.2) is 29.2 Å². The molecule has 0 aliphatic heterocycles. The lowest BCUT2D eigenvalue weighted by atomic mass is 10.3. The first-order valence-electron chi connectivity index (χ1n) is 4.50. The Morgan fingerprint density at radius 1 is 1.37 bits per heavy atom. The summed E-state index contributed by atoms with van der Waals surface area (Å²) in [6.45, 7) is 1.08. The fourth-order valence-corrected chi connectivity index (χ4v) is 1.40. The van der Waals surface area contributed by atoms with Gasteiger partial charge in [0.25, 0.3) is 5.97 Å². The SMILES string of the molecule is CC(=O)O.NS(=O)(=O)c1cccc(OC(F)(F)F)c1. The molecule has 0 bridgehead atoms. The van der Waals surface area contributed by atoms with Gasteiger partial charge in [-0.3, -0.25) is 4.79 Å². The minimum Gasteiger partial charge on any atom is -0.481 e. The Morgan fingerprint density at radius 3 is 2.21 bits per heavy atom. The molecule has 0 amide bonds. The number of carbonyl (C=O) groups is 1. The number of primary sulfonamides is 1. The van der Waals surface area contributed by atoms with Gasteiger partial charge >= 0.3 is 6.36 Å². The van der Waals surface area contributed by atoms with Crippen molar-refractivity contribution in [3.8, 4) is 5.75 Å². The average Bonchev–Trinajstić information content (AvgIpc) is 2.12. The second kappa shape index (κ2) is 6.38. The number of carboxylic acids is 1. The molecule has 0 unspecified atom stereocenters. The van der Waals surface area contributed by atoms with Crippen molar-refractivity contribution in [2.75, 3.05) is 0 Å². The Bertz CT molecular complexity index is 537. The van der Waals surface area contributed by atoms with Gasteiger partial charge in [-0.05, 0) is 12.1 Å². The first-order chi connectivity index (χ1) is 8.42. The summed E-state index contributed by atoms with van der Waals surface area (Å²) in [7, 11) is -4.03. The number of hydrogen-bond donors (Lipinski definition) is 2. The van der Waals surface area contributed by atoms with Crippen LogP contribution in [0.2, 0.25) is 0 Å². The van der Waals surface area contributed by atoms with Crippen LogP contribution in [0.3, 0.4) is 0 Å². The monoisotopic (exact) mass is 301 g/mol. The van der Waals surface area contributed by atoms with Crippen molar-refractivity contribution >= 4 is 16.0 Å². The van der Waals surface area contributed by atoms with Gasteiger partial charge in [0.2, 0.25) is 10.0 Å². The predicted octanol–water partition coefficient (Wildman–Crippen LogP) is 1.32. The highest BCUT2D eigenvalue weighted by molar-refractivity contribution is 7.89. The normalized spacial score (nSPS) is 11.2. The molecule has 0 radical (unpaired) electrons. The van der Waals surface area contributed by atoms with Crippen LogP contribution in [0.1, 0.15) is 6.92 Å². The highest BCUT2D eigenvalue weighted by Gasteiger charge is 2.31. The molecule has 108 valence electrons. The molecule has 0 atom stereocenters. The number of sulfonamides is 1. The third-order valence-electron chi connectivity index (χ3n) is 1.37. The summed E-state index contributed by atoms with van der Waals surface area (Å²) in [6.07, 6.45) is -4.86. The van der Waals surface area contributed by atoms with E-state index in [1.54, 1.807) is 0 Å². The molecule has 0 aliphatic rings. The summed E-state index contributed by atoms with van der Waals surface area (Å²) in [5.74, 6) is -1.46. The molecule has 0 heterocycles. The van der Waals surface area contributed by atoms with E-state index in [1.165, 1.54) is 0 Å². The van der Waals surface area contributed by atoms with Crippen LogP contribution in [-0.4, -0.2) is 25.9 Å². The minimum absolute atomic E-state index is 0.441. The Hall–Kier alpha value is -1.81. The van der Waals surface area contributed by atoms with Gasteiger partial charge in [0.1, 0.15) is 5.75 Å². The lowest BCUT2D eigenvalue weighted by molar-refractivity contribution is -0.274. The smallest absolute Gasteiger partial charge is 0.481 e. The number of ether oxygens (including phenoxy) is 1. The fourth-order valence-electron chi connectivity index (χ4n) is 0.848. The van der Waals surface area contributed by atoms with Gasteiger partial charge in [0.05, 0.1) is 4.90 Å². The van der Waals surface area contributed by atoms with Crippen molar-refractivity contribution in [2.24, 2.45) is 5.14 Å². The molecule has 3 N–H and O–H groups in total. The van der Waals surface area contributed by atoms with Crippen LogP contribution in [0.4, 0.5) is 13.2 Å². The molecule has 19 heavy (non-hydrogen) atoms.